The Morgan fingerprint density at radius 1 is 1.42 bits per heavy atom. The first-order valence-electron chi connectivity index (χ1n) is 6.19. The van der Waals surface area contributed by atoms with E-state index in [1.807, 2.05) is 38.4 Å². The van der Waals surface area contributed by atoms with Gasteiger partial charge in [-0.2, -0.15) is 0 Å². The molecule has 4 nitrogen and oxygen atoms in total. The molecule has 0 aliphatic heterocycles. The highest BCUT2D eigenvalue weighted by atomic mass is 35.5. The Hall–Kier alpha value is -1.26. The molecular formula is C14H23ClN2O2. The smallest absolute Gasteiger partial charge is 0.222 e. The van der Waals surface area contributed by atoms with Crippen molar-refractivity contribution < 1.29 is 9.53 Å². The molecule has 5 heteroatoms. The standard InChI is InChI=1S/C14H22N2O2.ClH/c1-15-9-10-16(2)14(17)8-7-12-5-4-6-13(11-12)18-3;/h4-6,11,15H,7-10H2,1-3H3;1H. The zero-order valence-electron chi connectivity index (χ0n) is 11.8. The minimum atomic E-state index is 0. The third-order valence-corrected chi connectivity index (χ3v) is 2.88. The van der Waals surface area contributed by atoms with E-state index in [1.54, 1.807) is 12.0 Å². The largest absolute Gasteiger partial charge is 0.497 e. The lowest BCUT2D eigenvalue weighted by Gasteiger charge is -2.16. The Morgan fingerprint density at radius 2 is 2.16 bits per heavy atom. The van der Waals surface area contributed by atoms with E-state index in [0.717, 1.165) is 30.8 Å². The Morgan fingerprint density at radius 3 is 2.79 bits per heavy atom. The fourth-order valence-corrected chi connectivity index (χ4v) is 1.67. The molecule has 19 heavy (non-hydrogen) atoms. The summed E-state index contributed by atoms with van der Waals surface area (Å²) < 4.78 is 5.16. The number of rotatable bonds is 7. The van der Waals surface area contributed by atoms with Gasteiger partial charge in [0, 0.05) is 26.6 Å². The van der Waals surface area contributed by atoms with Crippen LogP contribution in [-0.4, -0.2) is 45.1 Å². The number of aryl methyl sites for hydroxylation is 1. The normalized spacial score (nSPS) is 9.63. The lowest BCUT2D eigenvalue weighted by atomic mass is 10.1. The first-order chi connectivity index (χ1) is 8.67. The molecule has 0 heterocycles. The maximum Gasteiger partial charge on any atom is 0.222 e. The molecule has 0 atom stereocenters. The minimum absolute atomic E-state index is 0. The third-order valence-electron chi connectivity index (χ3n) is 2.88. The molecule has 0 aliphatic carbocycles. The number of methoxy groups -OCH3 is 1. The first kappa shape index (κ1) is 17.7. The van der Waals surface area contributed by atoms with Crippen molar-refractivity contribution in [2.75, 3.05) is 34.3 Å². The van der Waals surface area contributed by atoms with Gasteiger partial charge in [-0.1, -0.05) is 12.1 Å². The predicted octanol–water partition coefficient (Wildman–Crippen LogP) is 1.73. The molecule has 1 rings (SSSR count). The summed E-state index contributed by atoms with van der Waals surface area (Å²) in [6, 6.07) is 7.85. The van der Waals surface area contributed by atoms with Crippen LogP contribution in [-0.2, 0) is 11.2 Å². The number of benzene rings is 1. The van der Waals surface area contributed by atoms with Crippen LogP contribution in [0.2, 0.25) is 0 Å². The number of amides is 1. The van der Waals surface area contributed by atoms with Gasteiger partial charge in [0.1, 0.15) is 5.75 Å². The molecule has 0 fully saturated rings. The van der Waals surface area contributed by atoms with Crippen LogP contribution in [0.25, 0.3) is 0 Å². The van der Waals surface area contributed by atoms with Crippen LogP contribution in [0.1, 0.15) is 12.0 Å². The number of hydrogen-bond acceptors (Lipinski definition) is 3. The van der Waals surface area contributed by atoms with Crippen LogP contribution in [0, 0.1) is 0 Å². The van der Waals surface area contributed by atoms with Crippen molar-refractivity contribution in [1.82, 2.24) is 10.2 Å². The fourth-order valence-electron chi connectivity index (χ4n) is 1.67. The molecule has 1 aromatic carbocycles. The highest BCUT2D eigenvalue weighted by molar-refractivity contribution is 5.85. The zero-order chi connectivity index (χ0) is 13.4. The lowest BCUT2D eigenvalue weighted by molar-refractivity contribution is -0.129. The maximum absolute atomic E-state index is 11.8. The monoisotopic (exact) mass is 286 g/mol. The van der Waals surface area contributed by atoms with Gasteiger partial charge in [0.25, 0.3) is 0 Å². The molecule has 108 valence electrons. The van der Waals surface area contributed by atoms with Gasteiger partial charge in [-0.05, 0) is 31.2 Å². The highest BCUT2D eigenvalue weighted by Crippen LogP contribution is 2.14. The van der Waals surface area contributed by atoms with Gasteiger partial charge in [0.2, 0.25) is 5.91 Å². The number of nitrogens with zero attached hydrogens (tertiary/aromatic N) is 1. The van der Waals surface area contributed by atoms with E-state index in [2.05, 4.69) is 5.32 Å². The SMILES string of the molecule is CNCCN(C)C(=O)CCc1cccc(OC)c1.Cl. The van der Waals surface area contributed by atoms with Gasteiger partial charge in [0.05, 0.1) is 7.11 Å². The van der Waals surface area contributed by atoms with Crippen LogP contribution in [0.15, 0.2) is 24.3 Å². The summed E-state index contributed by atoms with van der Waals surface area (Å²) >= 11 is 0. The second-order valence-corrected chi connectivity index (χ2v) is 4.27. The number of halogens is 1. The molecule has 1 aromatic rings. The Bertz CT molecular complexity index is 385. The number of likely N-dealkylation sites (N-methyl/N-ethyl adjacent to an activating group) is 2. The van der Waals surface area contributed by atoms with Gasteiger partial charge in [-0.25, -0.2) is 0 Å². The van der Waals surface area contributed by atoms with Crippen molar-refractivity contribution in [2.45, 2.75) is 12.8 Å². The van der Waals surface area contributed by atoms with E-state index in [0.29, 0.717) is 6.42 Å². The number of nitrogens with one attached hydrogen (secondary N) is 1. The zero-order valence-corrected chi connectivity index (χ0v) is 12.6. The molecule has 1 N–H and O–H groups in total. The Labute approximate surface area is 121 Å². The molecule has 0 spiro atoms. The molecule has 0 saturated carbocycles. The molecule has 0 radical (unpaired) electrons. The molecule has 0 aliphatic rings. The summed E-state index contributed by atoms with van der Waals surface area (Å²) in [4.78, 5) is 13.6. The van der Waals surface area contributed by atoms with E-state index >= 15 is 0 Å². The first-order valence-corrected chi connectivity index (χ1v) is 6.19. The van der Waals surface area contributed by atoms with Crippen LogP contribution in [0.4, 0.5) is 0 Å². The van der Waals surface area contributed by atoms with E-state index in [1.165, 1.54) is 0 Å². The van der Waals surface area contributed by atoms with Gasteiger partial charge in [-0.15, -0.1) is 12.4 Å². The van der Waals surface area contributed by atoms with E-state index < -0.39 is 0 Å². The predicted molar refractivity (Wildman–Crippen MR) is 80.1 cm³/mol. The summed E-state index contributed by atoms with van der Waals surface area (Å²) in [5, 5.41) is 3.03. The molecule has 0 unspecified atom stereocenters. The molecule has 0 aromatic heterocycles. The van der Waals surface area contributed by atoms with Crippen molar-refractivity contribution in [3.05, 3.63) is 29.8 Å². The van der Waals surface area contributed by atoms with Crippen molar-refractivity contribution in [3.63, 3.8) is 0 Å². The van der Waals surface area contributed by atoms with Crippen LogP contribution >= 0.6 is 12.4 Å². The van der Waals surface area contributed by atoms with Crippen LogP contribution in [0.5, 0.6) is 5.75 Å². The van der Waals surface area contributed by atoms with Gasteiger partial charge >= 0.3 is 0 Å². The van der Waals surface area contributed by atoms with Gasteiger partial charge in [0.15, 0.2) is 0 Å². The van der Waals surface area contributed by atoms with Gasteiger partial charge < -0.3 is 15.0 Å². The lowest BCUT2D eigenvalue weighted by Crippen LogP contribution is -2.32. The number of carbonyl (C=O) groups is 1. The maximum atomic E-state index is 11.8. The third kappa shape index (κ3) is 6.45. The van der Waals surface area contributed by atoms with E-state index in [-0.39, 0.29) is 18.3 Å². The summed E-state index contributed by atoms with van der Waals surface area (Å²) in [5.74, 6) is 1.01. The second-order valence-electron chi connectivity index (χ2n) is 4.27. The summed E-state index contributed by atoms with van der Waals surface area (Å²) in [7, 11) is 5.37. The molecule has 1 amide bonds. The van der Waals surface area contributed by atoms with Crippen molar-refractivity contribution in [1.29, 1.82) is 0 Å². The fraction of sp³-hybridized carbons (Fsp3) is 0.500. The average molecular weight is 287 g/mol. The number of hydrogen-bond donors (Lipinski definition) is 1. The Balaban J connectivity index is 0.00000324. The summed E-state index contributed by atoms with van der Waals surface area (Å²) in [6.07, 6.45) is 1.29. The number of ether oxygens (including phenoxy) is 1. The second kappa shape index (κ2) is 9.64. The summed E-state index contributed by atoms with van der Waals surface area (Å²) in [5.41, 5.74) is 1.13. The Kier molecular flexibility index (Phi) is 9.00. The van der Waals surface area contributed by atoms with Gasteiger partial charge in [-0.3, -0.25) is 4.79 Å². The molecule has 0 saturated heterocycles. The molecule has 0 bridgehead atoms. The van der Waals surface area contributed by atoms with Crippen molar-refractivity contribution in [2.24, 2.45) is 0 Å². The summed E-state index contributed by atoms with van der Waals surface area (Å²) in [6.45, 7) is 1.56. The van der Waals surface area contributed by atoms with Crippen LogP contribution < -0.4 is 10.1 Å². The van der Waals surface area contributed by atoms with E-state index in [4.69, 9.17) is 4.74 Å². The van der Waals surface area contributed by atoms with Crippen molar-refractivity contribution >= 4 is 18.3 Å². The van der Waals surface area contributed by atoms with Crippen molar-refractivity contribution in [3.8, 4) is 5.75 Å². The minimum Gasteiger partial charge on any atom is -0.497 e. The number of carbonyl (C=O) groups excluding carboxylic acids is 1. The topological polar surface area (TPSA) is 41.6 Å². The quantitative estimate of drug-likeness (QED) is 0.830. The molecular weight excluding hydrogens is 264 g/mol. The highest BCUT2D eigenvalue weighted by Gasteiger charge is 2.08. The van der Waals surface area contributed by atoms with E-state index in [9.17, 15) is 4.79 Å². The van der Waals surface area contributed by atoms with Crippen LogP contribution in [0.3, 0.4) is 0 Å². The average Bonchev–Trinajstić information content (AvgIpc) is 2.42.